The quantitative estimate of drug-likeness (QED) is 0.418. The van der Waals surface area contributed by atoms with Crippen LogP contribution in [-0.4, -0.2) is 59.7 Å². The number of aliphatic imine (C=N–C) groups is 1. The van der Waals surface area contributed by atoms with Crippen molar-refractivity contribution < 1.29 is 9.53 Å². The topological polar surface area (TPSA) is 79.7 Å². The lowest BCUT2D eigenvalue weighted by Crippen LogP contribution is -2.39. The Morgan fingerprint density at radius 2 is 2.00 bits per heavy atom. The first-order valence-electron chi connectivity index (χ1n) is 11.8. The zero-order chi connectivity index (χ0) is 23.6. The van der Waals surface area contributed by atoms with E-state index in [1.54, 1.807) is 11.3 Å². The second-order valence-corrected chi connectivity index (χ2v) is 9.76. The largest absolute Gasteiger partial charge is 0.379 e. The van der Waals surface area contributed by atoms with Gasteiger partial charge in [0.1, 0.15) is 0 Å². The molecule has 2 aliphatic rings. The lowest BCUT2D eigenvalue weighted by molar-refractivity contribution is -0.120. The van der Waals surface area contributed by atoms with E-state index in [9.17, 15) is 4.79 Å². The highest BCUT2D eigenvalue weighted by atomic mass is 32.1. The molecule has 1 fully saturated rings. The first-order chi connectivity index (χ1) is 17.2. The summed E-state index contributed by atoms with van der Waals surface area (Å²) in [5, 5.41) is 5.53. The second kappa shape index (κ2) is 9.65. The third kappa shape index (κ3) is 4.86. The molecule has 176 valence electrons. The molecule has 4 heterocycles. The summed E-state index contributed by atoms with van der Waals surface area (Å²) in [7, 11) is 0. The Kier molecular flexibility index (Phi) is 6.08. The first-order valence-corrected chi connectivity index (χ1v) is 12.7. The number of carbonyl (C=O) groups is 1. The third-order valence-corrected chi connectivity index (χ3v) is 7.20. The highest BCUT2D eigenvalue weighted by molar-refractivity contribution is 7.17. The molecule has 6 rings (SSSR count). The molecule has 0 spiro atoms. The number of aromatic nitrogens is 2. The Hall–Kier alpha value is -3.46. The van der Waals surface area contributed by atoms with Crippen molar-refractivity contribution in [2.45, 2.75) is 13.0 Å². The summed E-state index contributed by atoms with van der Waals surface area (Å²) < 4.78 is 6.39. The molecule has 0 bridgehead atoms. The number of carbonyl (C=O) groups excluding carboxylic acids is 1. The normalized spacial score (nSPS) is 15.4. The maximum atomic E-state index is 12.7. The molecule has 1 N–H and O–H groups in total. The number of thiophene rings is 1. The Morgan fingerprint density at radius 3 is 2.91 bits per heavy atom. The molecular weight excluding hydrogens is 458 g/mol. The van der Waals surface area contributed by atoms with Gasteiger partial charge in [0.2, 0.25) is 0 Å². The van der Waals surface area contributed by atoms with Gasteiger partial charge in [-0.05, 0) is 46.3 Å². The fourth-order valence-corrected chi connectivity index (χ4v) is 5.28. The van der Waals surface area contributed by atoms with Crippen LogP contribution in [0.5, 0.6) is 0 Å². The highest BCUT2D eigenvalue weighted by Crippen LogP contribution is 2.32. The Labute approximate surface area is 207 Å². The highest BCUT2D eigenvalue weighted by Gasteiger charge is 2.16. The summed E-state index contributed by atoms with van der Waals surface area (Å²) in [5.41, 5.74) is 6.13. The first kappa shape index (κ1) is 22.0. The minimum atomic E-state index is 0.209. The smallest absolute Gasteiger partial charge is 0.162 e. The molecule has 2 aliphatic heterocycles. The summed E-state index contributed by atoms with van der Waals surface area (Å²) in [6.45, 7) is 4.22. The van der Waals surface area contributed by atoms with Gasteiger partial charge in [-0.1, -0.05) is 24.3 Å². The zero-order valence-electron chi connectivity index (χ0n) is 19.2. The van der Waals surface area contributed by atoms with E-state index in [0.29, 0.717) is 32.0 Å². The van der Waals surface area contributed by atoms with Gasteiger partial charge < -0.3 is 10.1 Å². The van der Waals surface area contributed by atoms with Crippen molar-refractivity contribution in [3.63, 3.8) is 0 Å². The third-order valence-electron chi connectivity index (χ3n) is 6.29. The SMILES string of the molecule is O=C(Cc1cccc(-c2nc(Nc3ccc4c(c3)C=NC4)c3sccc3n2)c1)CN1CCOCC1. The number of anilines is 2. The van der Waals surface area contributed by atoms with Crippen LogP contribution >= 0.6 is 11.3 Å². The molecule has 0 amide bonds. The molecule has 7 nitrogen and oxygen atoms in total. The van der Waals surface area contributed by atoms with E-state index in [1.165, 1.54) is 5.56 Å². The van der Waals surface area contributed by atoms with Crippen LogP contribution in [0.4, 0.5) is 11.5 Å². The van der Waals surface area contributed by atoms with Gasteiger partial charge in [-0.25, -0.2) is 9.97 Å². The van der Waals surface area contributed by atoms with Crippen LogP contribution < -0.4 is 5.32 Å². The van der Waals surface area contributed by atoms with Gasteiger partial charge in [0, 0.05) is 37.0 Å². The van der Waals surface area contributed by atoms with E-state index >= 15 is 0 Å². The van der Waals surface area contributed by atoms with E-state index < -0.39 is 0 Å². The maximum Gasteiger partial charge on any atom is 0.162 e. The van der Waals surface area contributed by atoms with Crippen molar-refractivity contribution in [2.75, 3.05) is 38.2 Å². The predicted octanol–water partition coefficient (Wildman–Crippen LogP) is 4.48. The van der Waals surface area contributed by atoms with Crippen LogP contribution in [0.3, 0.4) is 0 Å². The van der Waals surface area contributed by atoms with E-state index in [4.69, 9.17) is 14.7 Å². The van der Waals surface area contributed by atoms with Crippen LogP contribution in [0.1, 0.15) is 16.7 Å². The van der Waals surface area contributed by atoms with Crippen molar-refractivity contribution in [3.05, 3.63) is 70.6 Å². The fourth-order valence-electron chi connectivity index (χ4n) is 4.51. The van der Waals surface area contributed by atoms with E-state index in [2.05, 4.69) is 33.4 Å². The van der Waals surface area contributed by atoms with Gasteiger partial charge in [-0.3, -0.25) is 14.7 Å². The summed E-state index contributed by atoms with van der Waals surface area (Å²) in [6, 6.07) is 16.3. The van der Waals surface area contributed by atoms with Crippen LogP contribution in [0, 0.1) is 0 Å². The van der Waals surface area contributed by atoms with Crippen molar-refractivity contribution in [3.8, 4) is 11.4 Å². The zero-order valence-corrected chi connectivity index (χ0v) is 20.1. The number of fused-ring (bicyclic) bond motifs is 2. The van der Waals surface area contributed by atoms with Gasteiger partial charge in [-0.15, -0.1) is 11.3 Å². The average Bonchev–Trinajstić information content (AvgIpc) is 3.54. The van der Waals surface area contributed by atoms with Crippen LogP contribution in [0.15, 0.2) is 58.9 Å². The minimum Gasteiger partial charge on any atom is -0.379 e. The number of ketones is 1. The Bertz CT molecular complexity index is 1420. The van der Waals surface area contributed by atoms with Crippen molar-refractivity contribution in [1.82, 2.24) is 14.9 Å². The molecule has 2 aromatic heterocycles. The fraction of sp³-hybridized carbons (Fsp3) is 0.259. The van der Waals surface area contributed by atoms with Gasteiger partial charge in [0.25, 0.3) is 0 Å². The minimum absolute atomic E-state index is 0.209. The lowest BCUT2D eigenvalue weighted by atomic mass is 10.0. The van der Waals surface area contributed by atoms with Crippen LogP contribution in [-0.2, 0) is 22.5 Å². The molecule has 1 saturated heterocycles. The molecule has 8 heteroatoms. The lowest BCUT2D eigenvalue weighted by Gasteiger charge is -2.25. The molecule has 0 atom stereocenters. The van der Waals surface area contributed by atoms with E-state index in [-0.39, 0.29) is 5.78 Å². The number of benzene rings is 2. The van der Waals surface area contributed by atoms with Gasteiger partial charge in [0.05, 0.1) is 36.5 Å². The average molecular weight is 484 g/mol. The number of Topliss-reactive ketones (excluding diaryl/α,β-unsaturated/α-hetero) is 1. The molecule has 35 heavy (non-hydrogen) atoms. The number of morpholine rings is 1. The van der Waals surface area contributed by atoms with E-state index in [1.807, 2.05) is 41.9 Å². The molecule has 0 unspecified atom stereocenters. The Balaban J connectivity index is 1.25. The van der Waals surface area contributed by atoms with Crippen molar-refractivity contribution in [2.24, 2.45) is 4.99 Å². The van der Waals surface area contributed by atoms with Crippen molar-refractivity contribution >= 4 is 45.1 Å². The summed E-state index contributed by atoms with van der Waals surface area (Å²) in [4.78, 5) is 28.9. The monoisotopic (exact) mass is 483 g/mol. The summed E-state index contributed by atoms with van der Waals surface area (Å²) >= 11 is 1.62. The number of ether oxygens (including phenoxy) is 1. The van der Waals surface area contributed by atoms with Gasteiger partial charge in [0.15, 0.2) is 17.4 Å². The molecule has 0 aliphatic carbocycles. The summed E-state index contributed by atoms with van der Waals surface area (Å²) in [6.07, 6.45) is 2.31. The summed E-state index contributed by atoms with van der Waals surface area (Å²) in [5.74, 6) is 1.63. The molecule has 0 radical (unpaired) electrons. The Morgan fingerprint density at radius 1 is 1.09 bits per heavy atom. The molecule has 4 aromatic rings. The van der Waals surface area contributed by atoms with Gasteiger partial charge >= 0.3 is 0 Å². The van der Waals surface area contributed by atoms with Crippen LogP contribution in [0.2, 0.25) is 0 Å². The van der Waals surface area contributed by atoms with Crippen LogP contribution in [0.25, 0.3) is 21.6 Å². The second-order valence-electron chi connectivity index (χ2n) is 8.84. The molecule has 2 aromatic carbocycles. The maximum absolute atomic E-state index is 12.7. The number of nitrogens with zero attached hydrogens (tertiary/aromatic N) is 4. The standard InChI is InChI=1S/C27H25N5O2S/c33-23(17-32-7-9-34-10-8-32)13-18-2-1-3-19(12-18)26-30-24-6-11-35-25(24)27(31-26)29-22-5-4-20-15-28-16-21(20)14-22/h1-6,11-12,14,16H,7-10,13,15,17H2,(H,29,30,31). The number of rotatable bonds is 7. The molecule has 0 saturated carbocycles. The van der Waals surface area contributed by atoms with E-state index in [0.717, 1.165) is 58.0 Å². The van der Waals surface area contributed by atoms with Gasteiger partial charge in [-0.2, -0.15) is 0 Å². The predicted molar refractivity (Wildman–Crippen MR) is 140 cm³/mol. The van der Waals surface area contributed by atoms with Crippen molar-refractivity contribution in [1.29, 1.82) is 0 Å². The number of nitrogens with one attached hydrogen (secondary N) is 1. The molecular formula is C27H25N5O2S. The number of hydrogen-bond acceptors (Lipinski definition) is 8. The number of hydrogen-bond donors (Lipinski definition) is 1.